The van der Waals surface area contributed by atoms with Crippen LogP contribution in [0.1, 0.15) is 12.1 Å². The van der Waals surface area contributed by atoms with E-state index in [1.54, 1.807) is 22.6 Å². The van der Waals surface area contributed by atoms with Crippen LogP contribution in [0.4, 0.5) is 20.2 Å². The summed E-state index contributed by atoms with van der Waals surface area (Å²) in [4.78, 5) is 3.56. The molecular weight excluding hydrogens is 279 g/mol. The van der Waals surface area contributed by atoms with Crippen LogP contribution in [-0.4, -0.2) is 4.98 Å². The Morgan fingerprint density at radius 2 is 1.92 bits per heavy atom. The second kappa shape index (κ2) is 3.38. The molecule has 0 amide bonds. The van der Waals surface area contributed by atoms with Gasteiger partial charge < -0.3 is 11.5 Å². The number of hydrogen-bond acceptors (Lipinski definition) is 3. The number of nitrogen functional groups attached to an aromatic ring is 2. The van der Waals surface area contributed by atoms with Gasteiger partial charge in [0.2, 0.25) is 0 Å². The average Bonchev–Trinajstić information content (AvgIpc) is 1.96. The van der Waals surface area contributed by atoms with Gasteiger partial charge in [0.1, 0.15) is 9.39 Å². The van der Waals surface area contributed by atoms with Gasteiger partial charge in [-0.3, -0.25) is 0 Å². The predicted octanol–water partition coefficient (Wildman–Crippen LogP) is 1.79. The predicted molar refractivity (Wildman–Crippen MR) is 50.7 cm³/mol. The van der Waals surface area contributed by atoms with Crippen molar-refractivity contribution in [1.29, 1.82) is 0 Å². The summed E-state index contributed by atoms with van der Waals surface area (Å²) in [6.07, 6.45) is -2.65. The SMILES string of the molecule is Nc1cc(N)c(C(F)F)nc1I. The molecule has 0 aliphatic rings. The first-order chi connectivity index (χ1) is 5.52. The minimum Gasteiger partial charge on any atom is -0.397 e. The minimum atomic E-state index is -2.65. The molecule has 0 fully saturated rings. The lowest BCUT2D eigenvalue weighted by atomic mass is 10.3. The molecule has 0 bridgehead atoms. The zero-order valence-corrected chi connectivity index (χ0v) is 8.05. The van der Waals surface area contributed by atoms with E-state index in [2.05, 4.69) is 4.98 Å². The molecule has 1 aromatic heterocycles. The third-order valence-corrected chi connectivity index (χ3v) is 2.13. The Morgan fingerprint density at radius 1 is 1.33 bits per heavy atom. The zero-order chi connectivity index (χ0) is 9.30. The van der Waals surface area contributed by atoms with Crippen molar-refractivity contribution in [2.24, 2.45) is 0 Å². The van der Waals surface area contributed by atoms with Crippen LogP contribution in [0, 0.1) is 3.70 Å². The minimum absolute atomic E-state index is 0.0667. The molecule has 0 atom stereocenters. The molecule has 66 valence electrons. The molecule has 6 heteroatoms. The lowest BCUT2D eigenvalue weighted by Gasteiger charge is -2.05. The average molecular weight is 285 g/mol. The zero-order valence-electron chi connectivity index (χ0n) is 5.89. The van der Waals surface area contributed by atoms with E-state index < -0.39 is 12.1 Å². The molecule has 12 heavy (non-hydrogen) atoms. The van der Waals surface area contributed by atoms with Crippen molar-refractivity contribution in [3.63, 3.8) is 0 Å². The molecule has 4 N–H and O–H groups in total. The Labute approximate surface area is 81.3 Å². The van der Waals surface area contributed by atoms with Crippen molar-refractivity contribution in [2.75, 3.05) is 11.5 Å². The summed E-state index contributed by atoms with van der Waals surface area (Å²) in [5.41, 5.74) is 10.5. The molecule has 0 spiro atoms. The second-order valence-electron chi connectivity index (χ2n) is 2.14. The molecular formula is C6H6F2IN3. The van der Waals surface area contributed by atoms with Crippen LogP contribution >= 0.6 is 22.6 Å². The van der Waals surface area contributed by atoms with Crippen molar-refractivity contribution < 1.29 is 8.78 Å². The van der Waals surface area contributed by atoms with Gasteiger partial charge >= 0.3 is 0 Å². The van der Waals surface area contributed by atoms with Gasteiger partial charge in [-0.05, 0) is 28.7 Å². The van der Waals surface area contributed by atoms with E-state index in [4.69, 9.17) is 11.5 Å². The first-order valence-corrected chi connectivity index (χ1v) is 4.09. The van der Waals surface area contributed by atoms with Crippen molar-refractivity contribution in [3.8, 4) is 0 Å². The Bertz CT molecular complexity index is 303. The highest BCUT2D eigenvalue weighted by Gasteiger charge is 2.14. The third-order valence-electron chi connectivity index (χ3n) is 1.27. The summed E-state index contributed by atoms with van der Waals surface area (Å²) in [6.45, 7) is 0. The number of halogens is 3. The fourth-order valence-corrected chi connectivity index (χ4v) is 1.13. The molecule has 1 aromatic rings. The number of pyridine rings is 1. The number of nitrogens with two attached hydrogens (primary N) is 2. The maximum absolute atomic E-state index is 12.2. The monoisotopic (exact) mass is 285 g/mol. The third kappa shape index (κ3) is 1.74. The smallest absolute Gasteiger partial charge is 0.282 e. The summed E-state index contributed by atoms with van der Waals surface area (Å²) < 4.78 is 24.7. The number of aromatic nitrogens is 1. The molecule has 0 aliphatic heterocycles. The molecule has 0 aromatic carbocycles. The largest absolute Gasteiger partial charge is 0.397 e. The van der Waals surface area contributed by atoms with E-state index in [9.17, 15) is 8.78 Å². The highest BCUT2D eigenvalue weighted by Crippen LogP contribution is 2.26. The summed E-state index contributed by atoms with van der Waals surface area (Å²) in [5.74, 6) is 0. The lowest BCUT2D eigenvalue weighted by molar-refractivity contribution is 0.147. The number of hydrogen-bond donors (Lipinski definition) is 2. The summed E-state index contributed by atoms with van der Waals surface area (Å²) in [5, 5.41) is 0. The summed E-state index contributed by atoms with van der Waals surface area (Å²) >= 11 is 1.77. The standard InChI is InChI=1S/C6H6F2IN3/c7-5(8)4-2(10)1-3(11)6(9)12-4/h1,5H,10-11H2. The van der Waals surface area contributed by atoms with Gasteiger partial charge in [-0.2, -0.15) is 0 Å². The number of nitrogens with zero attached hydrogens (tertiary/aromatic N) is 1. The van der Waals surface area contributed by atoms with Crippen molar-refractivity contribution in [1.82, 2.24) is 4.98 Å². The van der Waals surface area contributed by atoms with E-state index >= 15 is 0 Å². The molecule has 3 nitrogen and oxygen atoms in total. The Kier molecular flexibility index (Phi) is 2.65. The van der Waals surface area contributed by atoms with Crippen molar-refractivity contribution in [3.05, 3.63) is 15.5 Å². The van der Waals surface area contributed by atoms with Crippen LogP contribution in [0.15, 0.2) is 6.07 Å². The van der Waals surface area contributed by atoms with Gasteiger partial charge in [0, 0.05) is 0 Å². The first kappa shape index (κ1) is 9.43. The van der Waals surface area contributed by atoms with Gasteiger partial charge in [-0.25, -0.2) is 13.8 Å². The maximum Gasteiger partial charge on any atom is 0.282 e. The van der Waals surface area contributed by atoms with Crippen molar-refractivity contribution >= 4 is 34.0 Å². The Hall–Kier alpha value is -0.660. The Balaban J connectivity index is 3.23. The second-order valence-corrected chi connectivity index (χ2v) is 3.17. The Morgan fingerprint density at radius 3 is 2.42 bits per heavy atom. The maximum atomic E-state index is 12.2. The molecule has 1 heterocycles. The van der Waals surface area contributed by atoms with E-state index in [0.717, 1.165) is 0 Å². The highest BCUT2D eigenvalue weighted by atomic mass is 127. The van der Waals surface area contributed by atoms with Gasteiger partial charge in [0.05, 0.1) is 11.4 Å². The van der Waals surface area contributed by atoms with Crippen LogP contribution < -0.4 is 11.5 Å². The molecule has 0 saturated carbocycles. The number of rotatable bonds is 1. The van der Waals surface area contributed by atoms with E-state index in [-0.39, 0.29) is 5.69 Å². The quantitative estimate of drug-likeness (QED) is 0.610. The highest BCUT2D eigenvalue weighted by molar-refractivity contribution is 14.1. The van der Waals surface area contributed by atoms with Crippen molar-refractivity contribution in [2.45, 2.75) is 6.43 Å². The molecule has 0 saturated heterocycles. The normalized spacial score (nSPS) is 10.7. The first-order valence-electron chi connectivity index (χ1n) is 3.02. The molecule has 0 aliphatic carbocycles. The van der Waals surface area contributed by atoms with E-state index in [1.807, 2.05) is 0 Å². The van der Waals surface area contributed by atoms with Gasteiger partial charge in [-0.15, -0.1) is 0 Å². The van der Waals surface area contributed by atoms with Crippen LogP contribution in [0.2, 0.25) is 0 Å². The van der Waals surface area contributed by atoms with E-state index in [0.29, 0.717) is 9.39 Å². The lowest BCUT2D eigenvalue weighted by Crippen LogP contribution is -2.03. The summed E-state index contributed by atoms with van der Waals surface area (Å²) in [6, 6.07) is 1.29. The number of anilines is 2. The van der Waals surface area contributed by atoms with Crippen LogP contribution in [0.5, 0.6) is 0 Å². The summed E-state index contributed by atoms with van der Waals surface area (Å²) in [7, 11) is 0. The van der Waals surface area contributed by atoms with E-state index in [1.165, 1.54) is 6.07 Å². The molecule has 1 rings (SSSR count). The van der Waals surface area contributed by atoms with Gasteiger partial charge in [0.15, 0.2) is 0 Å². The fourth-order valence-electron chi connectivity index (χ4n) is 0.711. The molecule has 0 radical (unpaired) electrons. The molecule has 0 unspecified atom stereocenters. The van der Waals surface area contributed by atoms with Crippen LogP contribution in [0.3, 0.4) is 0 Å². The number of alkyl halides is 2. The van der Waals surface area contributed by atoms with Crippen LogP contribution in [0.25, 0.3) is 0 Å². The fraction of sp³-hybridized carbons (Fsp3) is 0.167. The van der Waals surface area contributed by atoms with Gasteiger partial charge in [0.25, 0.3) is 6.43 Å². The van der Waals surface area contributed by atoms with Crippen LogP contribution in [-0.2, 0) is 0 Å². The topological polar surface area (TPSA) is 64.9 Å². The van der Waals surface area contributed by atoms with Gasteiger partial charge in [-0.1, -0.05) is 0 Å².